The van der Waals surface area contributed by atoms with E-state index in [0.29, 0.717) is 43.0 Å². The van der Waals surface area contributed by atoms with Gasteiger partial charge in [0.15, 0.2) is 5.65 Å². The summed E-state index contributed by atoms with van der Waals surface area (Å²) in [5, 5.41) is 5.60. The number of hydrogen-bond donors (Lipinski definition) is 0. The van der Waals surface area contributed by atoms with Crippen molar-refractivity contribution in [3.05, 3.63) is 45.8 Å². The van der Waals surface area contributed by atoms with E-state index in [1.165, 1.54) is 11.3 Å². The molecule has 0 aliphatic carbocycles. The molecule has 1 fully saturated rings. The molecule has 27 heavy (non-hydrogen) atoms. The number of aryl methyl sites for hydroxylation is 1. The number of alkyl halides is 3. The summed E-state index contributed by atoms with van der Waals surface area (Å²) in [7, 11) is 0. The van der Waals surface area contributed by atoms with Crippen molar-refractivity contribution >= 4 is 22.9 Å². The summed E-state index contributed by atoms with van der Waals surface area (Å²) in [6.45, 7) is 2.57. The average Bonchev–Trinajstić information content (AvgIpc) is 3.28. The summed E-state index contributed by atoms with van der Waals surface area (Å²) >= 11 is 1.35. The highest BCUT2D eigenvalue weighted by atomic mass is 32.1. The molecule has 1 saturated heterocycles. The van der Waals surface area contributed by atoms with E-state index in [1.807, 2.05) is 0 Å². The zero-order valence-corrected chi connectivity index (χ0v) is 15.2. The van der Waals surface area contributed by atoms with Gasteiger partial charge >= 0.3 is 6.18 Å². The smallest absolute Gasteiger partial charge is 0.337 e. The SMILES string of the molecule is Cc1cc2nc(C3CCN(C(=O)c4cscn4)CC3)cc(C(F)(F)F)n2n1. The van der Waals surface area contributed by atoms with Crippen molar-refractivity contribution in [1.29, 1.82) is 0 Å². The van der Waals surface area contributed by atoms with E-state index < -0.39 is 11.9 Å². The predicted octanol–water partition coefficient (Wildman–Crippen LogP) is 3.53. The second-order valence-corrected chi connectivity index (χ2v) is 7.28. The lowest BCUT2D eigenvalue weighted by molar-refractivity contribution is -0.142. The molecule has 6 nitrogen and oxygen atoms in total. The summed E-state index contributed by atoms with van der Waals surface area (Å²) < 4.78 is 41.2. The maximum atomic E-state index is 13.5. The molecule has 0 spiro atoms. The highest BCUT2D eigenvalue weighted by molar-refractivity contribution is 7.07. The zero-order chi connectivity index (χ0) is 19.2. The van der Waals surface area contributed by atoms with E-state index >= 15 is 0 Å². The third-order valence-corrected chi connectivity index (χ3v) is 5.30. The first-order valence-electron chi connectivity index (χ1n) is 8.45. The lowest BCUT2D eigenvalue weighted by atomic mass is 9.92. The molecule has 3 aromatic heterocycles. The molecule has 0 unspecified atom stereocenters. The molecule has 4 heterocycles. The number of carbonyl (C=O) groups is 1. The summed E-state index contributed by atoms with van der Waals surface area (Å²) in [6.07, 6.45) is -3.40. The molecule has 0 bridgehead atoms. The Labute approximate surface area is 156 Å². The maximum Gasteiger partial charge on any atom is 0.433 e. The van der Waals surface area contributed by atoms with E-state index in [-0.39, 0.29) is 17.5 Å². The van der Waals surface area contributed by atoms with Crippen LogP contribution in [-0.4, -0.2) is 43.5 Å². The van der Waals surface area contributed by atoms with Crippen LogP contribution in [0.15, 0.2) is 23.0 Å². The van der Waals surface area contributed by atoms with Crippen LogP contribution in [0.4, 0.5) is 13.2 Å². The van der Waals surface area contributed by atoms with Crippen LogP contribution in [-0.2, 0) is 6.18 Å². The normalized spacial score (nSPS) is 16.2. The molecule has 142 valence electrons. The standard InChI is InChI=1S/C17H16F3N5OS/c1-10-6-15-22-12(7-14(17(18,19)20)25(15)23-10)11-2-4-24(5-3-11)16(26)13-8-27-9-21-13/h6-9,11H,2-5H2,1H3. The summed E-state index contributed by atoms with van der Waals surface area (Å²) in [4.78, 5) is 22.5. The molecule has 0 radical (unpaired) electrons. The van der Waals surface area contributed by atoms with Crippen molar-refractivity contribution in [3.8, 4) is 0 Å². The molecule has 1 aliphatic rings. The number of amides is 1. The largest absolute Gasteiger partial charge is 0.433 e. The van der Waals surface area contributed by atoms with Crippen LogP contribution < -0.4 is 0 Å². The number of rotatable bonds is 2. The number of carbonyl (C=O) groups excluding carboxylic acids is 1. The molecular formula is C17H16F3N5OS. The second kappa shape index (κ2) is 6.59. The van der Waals surface area contributed by atoms with E-state index in [2.05, 4.69) is 15.1 Å². The number of piperidine rings is 1. The molecule has 0 saturated carbocycles. The molecule has 4 rings (SSSR count). The Hall–Kier alpha value is -2.49. The third kappa shape index (κ3) is 3.41. The first kappa shape index (κ1) is 17.9. The quantitative estimate of drug-likeness (QED) is 0.666. The van der Waals surface area contributed by atoms with Crippen molar-refractivity contribution in [2.45, 2.75) is 31.9 Å². The van der Waals surface area contributed by atoms with Crippen molar-refractivity contribution in [3.63, 3.8) is 0 Å². The van der Waals surface area contributed by atoms with Crippen LogP contribution in [0.3, 0.4) is 0 Å². The van der Waals surface area contributed by atoms with Crippen LogP contribution in [0.1, 0.15) is 46.3 Å². The predicted molar refractivity (Wildman–Crippen MR) is 92.7 cm³/mol. The Kier molecular flexibility index (Phi) is 4.37. The maximum absolute atomic E-state index is 13.5. The number of thiazole rings is 1. The van der Waals surface area contributed by atoms with Crippen LogP contribution in [0.25, 0.3) is 5.65 Å². The fraction of sp³-hybridized carbons (Fsp3) is 0.412. The Morgan fingerprint density at radius 3 is 2.63 bits per heavy atom. The van der Waals surface area contributed by atoms with Crippen LogP contribution in [0, 0.1) is 6.92 Å². The van der Waals surface area contributed by atoms with E-state index in [9.17, 15) is 18.0 Å². The van der Waals surface area contributed by atoms with Gasteiger partial charge < -0.3 is 4.90 Å². The Bertz CT molecular complexity index is 975. The number of likely N-dealkylation sites (tertiary alicyclic amines) is 1. The molecular weight excluding hydrogens is 379 g/mol. The van der Waals surface area contributed by atoms with Gasteiger partial charge in [0.1, 0.15) is 11.4 Å². The fourth-order valence-corrected chi connectivity index (χ4v) is 3.90. The first-order valence-corrected chi connectivity index (χ1v) is 9.39. The summed E-state index contributed by atoms with van der Waals surface area (Å²) in [5.41, 5.74) is 2.26. The monoisotopic (exact) mass is 395 g/mol. The van der Waals surface area contributed by atoms with Crippen molar-refractivity contribution in [2.24, 2.45) is 0 Å². The summed E-state index contributed by atoms with van der Waals surface area (Å²) in [5.74, 6) is -0.272. The molecule has 1 aliphatic heterocycles. The van der Waals surface area contributed by atoms with Crippen molar-refractivity contribution in [1.82, 2.24) is 24.5 Å². The topological polar surface area (TPSA) is 63.4 Å². The van der Waals surface area contributed by atoms with Gasteiger partial charge in [-0.3, -0.25) is 4.79 Å². The van der Waals surface area contributed by atoms with Gasteiger partial charge in [0.25, 0.3) is 5.91 Å². The highest BCUT2D eigenvalue weighted by Crippen LogP contribution is 2.34. The molecule has 0 atom stereocenters. The lowest BCUT2D eigenvalue weighted by Crippen LogP contribution is -2.38. The third-order valence-electron chi connectivity index (χ3n) is 4.71. The molecule has 0 aromatic carbocycles. The Morgan fingerprint density at radius 2 is 2.00 bits per heavy atom. The number of fused-ring (bicyclic) bond motifs is 1. The Morgan fingerprint density at radius 1 is 1.26 bits per heavy atom. The highest BCUT2D eigenvalue weighted by Gasteiger charge is 2.36. The van der Waals surface area contributed by atoms with Gasteiger partial charge in [-0.1, -0.05) is 0 Å². The Balaban J connectivity index is 1.58. The molecule has 10 heteroatoms. The van der Waals surface area contributed by atoms with Crippen molar-refractivity contribution < 1.29 is 18.0 Å². The van der Waals surface area contributed by atoms with Crippen LogP contribution in [0.2, 0.25) is 0 Å². The molecule has 0 N–H and O–H groups in total. The lowest BCUT2D eigenvalue weighted by Gasteiger charge is -2.31. The van der Waals surface area contributed by atoms with E-state index in [1.54, 1.807) is 28.8 Å². The van der Waals surface area contributed by atoms with Crippen LogP contribution >= 0.6 is 11.3 Å². The van der Waals surface area contributed by atoms with E-state index in [0.717, 1.165) is 10.6 Å². The van der Waals surface area contributed by atoms with Crippen LogP contribution in [0.5, 0.6) is 0 Å². The van der Waals surface area contributed by atoms with Gasteiger partial charge in [-0.05, 0) is 25.8 Å². The minimum absolute atomic E-state index is 0.134. The average molecular weight is 395 g/mol. The summed E-state index contributed by atoms with van der Waals surface area (Å²) in [6, 6.07) is 2.63. The van der Waals surface area contributed by atoms with Gasteiger partial charge in [0, 0.05) is 36.1 Å². The van der Waals surface area contributed by atoms with Crippen molar-refractivity contribution in [2.75, 3.05) is 13.1 Å². The molecule has 3 aromatic rings. The van der Waals surface area contributed by atoms with Gasteiger partial charge in [0.05, 0.1) is 11.2 Å². The minimum atomic E-state index is -4.52. The number of hydrogen-bond acceptors (Lipinski definition) is 5. The zero-order valence-electron chi connectivity index (χ0n) is 14.4. The minimum Gasteiger partial charge on any atom is -0.337 e. The fourth-order valence-electron chi connectivity index (χ4n) is 3.38. The number of nitrogens with zero attached hydrogens (tertiary/aromatic N) is 5. The van der Waals surface area contributed by atoms with Gasteiger partial charge in [0.2, 0.25) is 0 Å². The second-order valence-electron chi connectivity index (χ2n) is 6.56. The molecule has 1 amide bonds. The van der Waals surface area contributed by atoms with Gasteiger partial charge in [-0.25, -0.2) is 14.5 Å². The van der Waals surface area contributed by atoms with Gasteiger partial charge in [-0.15, -0.1) is 11.3 Å². The van der Waals surface area contributed by atoms with E-state index in [4.69, 9.17) is 0 Å². The van der Waals surface area contributed by atoms with Gasteiger partial charge in [-0.2, -0.15) is 18.3 Å². The number of aromatic nitrogens is 4. The number of halogens is 3. The first-order chi connectivity index (χ1) is 12.8.